The summed E-state index contributed by atoms with van der Waals surface area (Å²) >= 11 is 1.50. The monoisotopic (exact) mass is 382 g/mol. The molecule has 1 aliphatic carbocycles. The third-order valence-corrected chi connectivity index (χ3v) is 5.35. The molecule has 4 rings (SSSR count). The average molecular weight is 382 g/mol. The van der Waals surface area contributed by atoms with Gasteiger partial charge in [-0.1, -0.05) is 18.2 Å². The SMILES string of the molecule is CSc1nc(-c2ccnc(NC(=O)C3CCC3)c2)c(-c2ccc(F)cc2)[nH]1. The fraction of sp³-hybridized carbons (Fsp3) is 0.250. The van der Waals surface area contributed by atoms with E-state index in [0.717, 1.165) is 46.9 Å². The Labute approximate surface area is 160 Å². The Kier molecular flexibility index (Phi) is 4.94. The van der Waals surface area contributed by atoms with Crippen molar-refractivity contribution in [3.63, 3.8) is 0 Å². The molecule has 2 N–H and O–H groups in total. The van der Waals surface area contributed by atoms with E-state index in [9.17, 15) is 9.18 Å². The molecule has 0 aliphatic heterocycles. The maximum absolute atomic E-state index is 13.3. The molecule has 2 heterocycles. The predicted octanol–water partition coefficient (Wildman–Crippen LogP) is 4.74. The van der Waals surface area contributed by atoms with Gasteiger partial charge in [-0.05, 0) is 55.5 Å². The smallest absolute Gasteiger partial charge is 0.228 e. The number of halogens is 1. The van der Waals surface area contributed by atoms with Crippen LogP contribution in [0.5, 0.6) is 0 Å². The molecule has 138 valence electrons. The standard InChI is InChI=1S/C20H19FN4OS/c1-27-20-24-17(12-5-7-15(21)8-6-12)18(25-20)14-9-10-22-16(11-14)23-19(26)13-3-2-4-13/h5-11,13H,2-4H2,1H3,(H,24,25)(H,22,23,26). The summed E-state index contributed by atoms with van der Waals surface area (Å²) in [6.45, 7) is 0. The number of benzene rings is 1. The van der Waals surface area contributed by atoms with Crippen LogP contribution in [0, 0.1) is 11.7 Å². The number of anilines is 1. The first-order valence-corrected chi connectivity index (χ1v) is 10.0. The Morgan fingerprint density at radius 1 is 1.22 bits per heavy atom. The van der Waals surface area contributed by atoms with E-state index in [2.05, 4.69) is 20.3 Å². The molecule has 1 fully saturated rings. The molecule has 1 saturated carbocycles. The molecule has 7 heteroatoms. The van der Waals surface area contributed by atoms with Crippen LogP contribution in [0.4, 0.5) is 10.2 Å². The molecule has 0 unspecified atom stereocenters. The highest BCUT2D eigenvalue weighted by atomic mass is 32.2. The number of pyridine rings is 1. The molecule has 1 aromatic carbocycles. The maximum Gasteiger partial charge on any atom is 0.228 e. The summed E-state index contributed by atoms with van der Waals surface area (Å²) in [5, 5.41) is 3.66. The summed E-state index contributed by atoms with van der Waals surface area (Å²) in [5.41, 5.74) is 3.23. The van der Waals surface area contributed by atoms with Gasteiger partial charge in [-0.3, -0.25) is 4.79 Å². The molecule has 0 bridgehead atoms. The zero-order chi connectivity index (χ0) is 18.8. The summed E-state index contributed by atoms with van der Waals surface area (Å²) in [5.74, 6) is 0.355. The Hall–Kier alpha value is -2.67. The first-order valence-electron chi connectivity index (χ1n) is 8.81. The van der Waals surface area contributed by atoms with Crippen molar-refractivity contribution >= 4 is 23.5 Å². The Balaban J connectivity index is 1.68. The summed E-state index contributed by atoms with van der Waals surface area (Å²) in [6.07, 6.45) is 6.59. The van der Waals surface area contributed by atoms with Gasteiger partial charge in [0.25, 0.3) is 0 Å². The van der Waals surface area contributed by atoms with E-state index in [1.807, 2.05) is 18.4 Å². The van der Waals surface area contributed by atoms with Crippen LogP contribution in [-0.2, 0) is 4.79 Å². The van der Waals surface area contributed by atoms with Crippen molar-refractivity contribution in [3.8, 4) is 22.5 Å². The van der Waals surface area contributed by atoms with Gasteiger partial charge in [-0.2, -0.15) is 0 Å². The molecular weight excluding hydrogens is 363 g/mol. The number of hydrogen-bond acceptors (Lipinski definition) is 4. The van der Waals surface area contributed by atoms with Crippen LogP contribution >= 0.6 is 11.8 Å². The minimum Gasteiger partial charge on any atom is -0.332 e. The third-order valence-electron chi connectivity index (χ3n) is 4.77. The van der Waals surface area contributed by atoms with Gasteiger partial charge in [-0.25, -0.2) is 14.4 Å². The number of H-pyrrole nitrogens is 1. The number of aromatic amines is 1. The lowest BCUT2D eigenvalue weighted by atomic mass is 9.85. The highest BCUT2D eigenvalue weighted by Crippen LogP contribution is 2.33. The Morgan fingerprint density at radius 2 is 2.00 bits per heavy atom. The van der Waals surface area contributed by atoms with Crippen molar-refractivity contribution in [2.45, 2.75) is 24.4 Å². The second-order valence-corrected chi connectivity index (χ2v) is 7.32. The summed E-state index contributed by atoms with van der Waals surface area (Å²) in [6, 6.07) is 9.97. The number of amides is 1. The minimum atomic E-state index is -0.283. The maximum atomic E-state index is 13.3. The minimum absolute atomic E-state index is 0.0245. The fourth-order valence-electron chi connectivity index (χ4n) is 3.03. The second-order valence-electron chi connectivity index (χ2n) is 6.52. The van der Waals surface area contributed by atoms with Gasteiger partial charge < -0.3 is 10.3 Å². The molecule has 0 spiro atoms. The molecule has 2 aromatic heterocycles. The van der Waals surface area contributed by atoms with Gasteiger partial charge in [0.1, 0.15) is 11.6 Å². The highest BCUT2D eigenvalue weighted by molar-refractivity contribution is 7.98. The number of hydrogen-bond donors (Lipinski definition) is 2. The highest BCUT2D eigenvalue weighted by Gasteiger charge is 2.25. The number of rotatable bonds is 5. The van der Waals surface area contributed by atoms with Gasteiger partial charge in [0.15, 0.2) is 5.16 Å². The zero-order valence-corrected chi connectivity index (χ0v) is 15.6. The van der Waals surface area contributed by atoms with Crippen molar-refractivity contribution in [1.29, 1.82) is 0 Å². The van der Waals surface area contributed by atoms with Crippen LogP contribution in [0.2, 0.25) is 0 Å². The molecular formula is C20H19FN4OS. The molecule has 1 amide bonds. The summed E-state index contributed by atoms with van der Waals surface area (Å²) in [7, 11) is 0. The number of carbonyl (C=O) groups excluding carboxylic acids is 1. The van der Waals surface area contributed by atoms with Crippen molar-refractivity contribution in [3.05, 3.63) is 48.4 Å². The molecule has 1 aliphatic rings. The van der Waals surface area contributed by atoms with Gasteiger partial charge >= 0.3 is 0 Å². The van der Waals surface area contributed by atoms with E-state index in [1.165, 1.54) is 23.9 Å². The van der Waals surface area contributed by atoms with Crippen LogP contribution < -0.4 is 5.32 Å². The molecule has 5 nitrogen and oxygen atoms in total. The molecule has 0 radical (unpaired) electrons. The number of nitrogens with zero attached hydrogens (tertiary/aromatic N) is 2. The van der Waals surface area contributed by atoms with E-state index in [0.29, 0.717) is 5.82 Å². The fourth-order valence-corrected chi connectivity index (χ4v) is 3.41. The number of aromatic nitrogens is 3. The molecule has 0 atom stereocenters. The first kappa shape index (κ1) is 17.7. The van der Waals surface area contributed by atoms with E-state index in [4.69, 9.17) is 0 Å². The van der Waals surface area contributed by atoms with Crippen molar-refractivity contribution < 1.29 is 9.18 Å². The van der Waals surface area contributed by atoms with E-state index >= 15 is 0 Å². The lowest BCUT2D eigenvalue weighted by Crippen LogP contribution is -2.28. The second kappa shape index (κ2) is 7.52. The first-order chi connectivity index (χ1) is 13.1. The van der Waals surface area contributed by atoms with Crippen molar-refractivity contribution in [1.82, 2.24) is 15.0 Å². The van der Waals surface area contributed by atoms with Crippen molar-refractivity contribution in [2.75, 3.05) is 11.6 Å². The van der Waals surface area contributed by atoms with Gasteiger partial charge in [0.2, 0.25) is 5.91 Å². The molecule has 0 saturated heterocycles. The van der Waals surface area contributed by atoms with Crippen LogP contribution in [-0.4, -0.2) is 27.1 Å². The van der Waals surface area contributed by atoms with Crippen LogP contribution in [0.15, 0.2) is 47.8 Å². The topological polar surface area (TPSA) is 70.7 Å². The number of thioether (sulfide) groups is 1. The Bertz CT molecular complexity index is 966. The lowest BCUT2D eigenvalue weighted by Gasteiger charge is -2.23. The normalized spacial score (nSPS) is 14.0. The summed E-state index contributed by atoms with van der Waals surface area (Å²) in [4.78, 5) is 24.4. The van der Waals surface area contributed by atoms with Crippen LogP contribution in [0.3, 0.4) is 0 Å². The Morgan fingerprint density at radius 3 is 2.67 bits per heavy atom. The number of imidazole rings is 1. The van der Waals surface area contributed by atoms with Crippen molar-refractivity contribution in [2.24, 2.45) is 5.92 Å². The van der Waals surface area contributed by atoms with Crippen LogP contribution in [0.25, 0.3) is 22.5 Å². The van der Waals surface area contributed by atoms with Gasteiger partial charge in [0.05, 0.1) is 11.4 Å². The number of nitrogens with one attached hydrogen (secondary N) is 2. The lowest BCUT2D eigenvalue weighted by molar-refractivity contribution is -0.122. The third kappa shape index (κ3) is 3.73. The average Bonchev–Trinajstić information content (AvgIpc) is 3.05. The number of carbonyl (C=O) groups is 1. The molecule has 27 heavy (non-hydrogen) atoms. The van der Waals surface area contributed by atoms with E-state index in [1.54, 1.807) is 18.3 Å². The van der Waals surface area contributed by atoms with Crippen LogP contribution in [0.1, 0.15) is 19.3 Å². The predicted molar refractivity (Wildman–Crippen MR) is 105 cm³/mol. The molecule has 3 aromatic rings. The zero-order valence-electron chi connectivity index (χ0n) is 14.8. The largest absolute Gasteiger partial charge is 0.332 e. The quantitative estimate of drug-likeness (QED) is 0.626. The van der Waals surface area contributed by atoms with E-state index < -0.39 is 0 Å². The van der Waals surface area contributed by atoms with Gasteiger partial charge in [0, 0.05) is 23.2 Å². The van der Waals surface area contributed by atoms with Gasteiger partial charge in [-0.15, -0.1) is 0 Å². The summed E-state index contributed by atoms with van der Waals surface area (Å²) < 4.78 is 13.3. The van der Waals surface area contributed by atoms with E-state index in [-0.39, 0.29) is 17.6 Å².